The van der Waals surface area contributed by atoms with E-state index >= 15 is 0 Å². The Morgan fingerprint density at radius 1 is 1.00 bits per heavy atom. The summed E-state index contributed by atoms with van der Waals surface area (Å²) in [5, 5.41) is 3.09. The number of hydrogen-bond donors (Lipinski definition) is 3. The van der Waals surface area contributed by atoms with Crippen LogP contribution in [-0.4, -0.2) is 36.7 Å². The number of nitrogens with zero attached hydrogens (tertiary/aromatic N) is 2. The first-order chi connectivity index (χ1) is 16.0. The maximum Gasteiger partial charge on any atom is 0.263 e. The Hall–Kier alpha value is -3.98. The molecule has 1 aliphatic rings. The highest BCUT2D eigenvalue weighted by Crippen LogP contribution is 2.25. The summed E-state index contributed by atoms with van der Waals surface area (Å²) in [4.78, 5) is 24.7. The van der Waals surface area contributed by atoms with Crippen molar-refractivity contribution in [2.24, 2.45) is 4.99 Å². The van der Waals surface area contributed by atoms with E-state index in [1.54, 1.807) is 24.5 Å². The predicted octanol–water partition coefficient (Wildman–Crippen LogP) is 2.90. The molecule has 4 aromatic rings. The number of imidazole rings is 1. The lowest BCUT2D eigenvalue weighted by molar-refractivity contribution is -0.121. The minimum Gasteiger partial charge on any atom is -0.345 e. The zero-order valence-corrected chi connectivity index (χ0v) is 18.3. The lowest BCUT2D eigenvalue weighted by Crippen LogP contribution is -2.30. The summed E-state index contributed by atoms with van der Waals surface area (Å²) in [5.74, 6) is 0.0785. The minimum atomic E-state index is -3.60. The van der Waals surface area contributed by atoms with Crippen LogP contribution >= 0.6 is 0 Å². The number of aromatic amines is 1. The number of carbonyl (C=O) groups is 1. The summed E-state index contributed by atoms with van der Waals surface area (Å²) in [7, 11) is -3.60. The zero-order valence-electron chi connectivity index (χ0n) is 17.5. The van der Waals surface area contributed by atoms with E-state index in [0.29, 0.717) is 5.56 Å². The number of carbonyl (C=O) groups excluding carboxylic acids is 1. The zero-order chi connectivity index (χ0) is 22.8. The van der Waals surface area contributed by atoms with Gasteiger partial charge in [0.15, 0.2) is 0 Å². The second-order valence-electron chi connectivity index (χ2n) is 7.67. The molecule has 5 rings (SSSR count). The van der Waals surface area contributed by atoms with Crippen molar-refractivity contribution >= 4 is 32.8 Å². The lowest BCUT2D eigenvalue weighted by Gasteiger charge is -2.20. The third-order valence-electron chi connectivity index (χ3n) is 5.49. The summed E-state index contributed by atoms with van der Waals surface area (Å²) >= 11 is 0. The molecule has 1 aliphatic heterocycles. The maximum absolute atomic E-state index is 12.8. The van der Waals surface area contributed by atoms with Crippen LogP contribution < -0.4 is 10.0 Å². The highest BCUT2D eigenvalue weighted by molar-refractivity contribution is 7.90. The van der Waals surface area contributed by atoms with Crippen molar-refractivity contribution in [3.63, 3.8) is 0 Å². The first-order valence-corrected chi connectivity index (χ1v) is 11.9. The molecular formula is C24H21N5O3S. The number of aliphatic imine (C=N–C) groups is 1. The van der Waals surface area contributed by atoms with E-state index < -0.39 is 10.0 Å². The number of amides is 1. The van der Waals surface area contributed by atoms with Crippen molar-refractivity contribution in [2.45, 2.75) is 17.4 Å². The fourth-order valence-corrected chi connectivity index (χ4v) is 5.14. The number of sulfonamides is 1. The van der Waals surface area contributed by atoms with Crippen LogP contribution in [0.15, 0.2) is 89.0 Å². The van der Waals surface area contributed by atoms with Gasteiger partial charge in [-0.15, -0.1) is 0 Å². The molecule has 3 N–H and O–H groups in total. The van der Waals surface area contributed by atoms with Gasteiger partial charge in [0.2, 0.25) is 5.91 Å². The molecule has 3 aromatic carbocycles. The molecule has 0 radical (unpaired) electrons. The van der Waals surface area contributed by atoms with E-state index in [0.717, 1.165) is 22.2 Å². The number of H-pyrrole nitrogens is 1. The number of nitrogens with one attached hydrogen (secondary N) is 3. The number of amidine groups is 1. The molecule has 2 heterocycles. The molecule has 0 aliphatic carbocycles. The topological polar surface area (TPSA) is 116 Å². The fraction of sp³-hybridized carbons (Fsp3) is 0.125. The molecule has 1 atom stereocenters. The van der Waals surface area contributed by atoms with Crippen molar-refractivity contribution in [3.8, 4) is 0 Å². The van der Waals surface area contributed by atoms with Gasteiger partial charge in [0, 0.05) is 12.0 Å². The summed E-state index contributed by atoms with van der Waals surface area (Å²) < 4.78 is 26.9. The van der Waals surface area contributed by atoms with Crippen LogP contribution in [-0.2, 0) is 14.8 Å². The summed E-state index contributed by atoms with van der Waals surface area (Å²) in [5.41, 5.74) is 4.14. The molecule has 0 saturated carbocycles. The highest BCUT2D eigenvalue weighted by Gasteiger charge is 2.30. The Labute approximate surface area is 190 Å². The largest absolute Gasteiger partial charge is 0.345 e. The average molecular weight is 460 g/mol. The average Bonchev–Trinajstić information content (AvgIpc) is 3.40. The van der Waals surface area contributed by atoms with Crippen molar-refractivity contribution in [2.75, 3.05) is 6.54 Å². The molecular weight excluding hydrogens is 438 g/mol. The van der Waals surface area contributed by atoms with Gasteiger partial charge in [-0.2, -0.15) is 0 Å². The van der Waals surface area contributed by atoms with Crippen molar-refractivity contribution in [3.05, 3.63) is 95.8 Å². The molecule has 0 saturated heterocycles. The maximum atomic E-state index is 12.8. The van der Waals surface area contributed by atoms with Crippen LogP contribution in [0.25, 0.3) is 11.0 Å². The number of aromatic nitrogens is 2. The van der Waals surface area contributed by atoms with E-state index in [2.05, 4.69) is 25.0 Å². The minimum absolute atomic E-state index is 0.114. The van der Waals surface area contributed by atoms with Crippen molar-refractivity contribution < 1.29 is 13.2 Å². The summed E-state index contributed by atoms with van der Waals surface area (Å²) in [6.45, 7) is 0.152. The second-order valence-corrected chi connectivity index (χ2v) is 9.32. The molecule has 1 unspecified atom stereocenters. The molecule has 166 valence electrons. The third kappa shape index (κ3) is 4.22. The van der Waals surface area contributed by atoms with Crippen LogP contribution in [0.4, 0.5) is 0 Å². The van der Waals surface area contributed by atoms with Gasteiger partial charge < -0.3 is 10.3 Å². The molecule has 1 amide bonds. The highest BCUT2D eigenvalue weighted by atomic mass is 32.2. The molecule has 9 heteroatoms. The smallest absolute Gasteiger partial charge is 0.263 e. The van der Waals surface area contributed by atoms with Crippen LogP contribution in [0.1, 0.15) is 29.2 Å². The van der Waals surface area contributed by atoms with Crippen molar-refractivity contribution in [1.82, 2.24) is 20.0 Å². The predicted molar refractivity (Wildman–Crippen MR) is 125 cm³/mol. The van der Waals surface area contributed by atoms with Crippen molar-refractivity contribution in [1.29, 1.82) is 0 Å². The van der Waals surface area contributed by atoms with Gasteiger partial charge in [0.05, 0.1) is 34.8 Å². The van der Waals surface area contributed by atoms with Crippen LogP contribution in [0.5, 0.6) is 0 Å². The van der Waals surface area contributed by atoms with E-state index in [-0.39, 0.29) is 35.6 Å². The van der Waals surface area contributed by atoms with E-state index in [1.807, 2.05) is 48.5 Å². The number of benzene rings is 3. The van der Waals surface area contributed by atoms with E-state index in [9.17, 15) is 13.2 Å². The summed E-state index contributed by atoms with van der Waals surface area (Å²) in [6, 6.07) is 21.9. The first-order valence-electron chi connectivity index (χ1n) is 10.5. The second kappa shape index (κ2) is 8.51. The van der Waals surface area contributed by atoms with Gasteiger partial charge in [-0.1, -0.05) is 48.5 Å². The lowest BCUT2D eigenvalue weighted by atomic mass is 9.98. The Morgan fingerprint density at radius 2 is 1.79 bits per heavy atom. The number of fused-ring (bicyclic) bond motifs is 2. The molecule has 33 heavy (non-hydrogen) atoms. The monoisotopic (exact) mass is 459 g/mol. The Bertz CT molecular complexity index is 1460. The Kier molecular flexibility index (Phi) is 5.39. The SMILES string of the molecule is O=C(CCN=C1NS(=O)(=O)c2ccccc21)NC(c1ccccc1)c1ccc2nc[nH]c2c1. The Morgan fingerprint density at radius 3 is 2.64 bits per heavy atom. The number of rotatable bonds is 6. The van der Waals surface area contributed by atoms with Crippen LogP contribution in [0, 0.1) is 0 Å². The van der Waals surface area contributed by atoms with Gasteiger partial charge in [-0.25, -0.2) is 13.4 Å². The Balaban J connectivity index is 1.33. The standard InChI is InChI=1S/C24H21N5O3S/c30-22(12-13-25-24-18-8-4-5-9-21(18)33(31,32)29-24)28-23(16-6-2-1-3-7-16)17-10-11-19-20(14-17)27-15-26-19/h1-11,14-15,23H,12-13H2,(H,25,29)(H,26,27)(H,28,30). The van der Waals surface area contributed by atoms with E-state index in [4.69, 9.17) is 0 Å². The fourth-order valence-electron chi connectivity index (χ4n) is 3.89. The van der Waals surface area contributed by atoms with Crippen LogP contribution in [0.2, 0.25) is 0 Å². The van der Waals surface area contributed by atoms with Gasteiger partial charge in [0.1, 0.15) is 5.84 Å². The first kappa shape index (κ1) is 20.9. The molecule has 8 nitrogen and oxygen atoms in total. The molecule has 0 fully saturated rings. The molecule has 1 aromatic heterocycles. The molecule has 0 spiro atoms. The van der Waals surface area contributed by atoms with Gasteiger partial charge in [-0.3, -0.25) is 14.5 Å². The third-order valence-corrected chi connectivity index (χ3v) is 6.88. The van der Waals surface area contributed by atoms with Gasteiger partial charge >= 0.3 is 0 Å². The molecule has 0 bridgehead atoms. The summed E-state index contributed by atoms with van der Waals surface area (Å²) in [6.07, 6.45) is 1.75. The van der Waals surface area contributed by atoms with E-state index in [1.165, 1.54) is 6.07 Å². The normalized spacial score (nSPS) is 16.3. The quantitative estimate of drug-likeness (QED) is 0.411. The van der Waals surface area contributed by atoms with Gasteiger partial charge in [-0.05, 0) is 35.4 Å². The van der Waals surface area contributed by atoms with Crippen LogP contribution in [0.3, 0.4) is 0 Å². The number of hydrogen-bond acceptors (Lipinski definition) is 5. The van der Waals surface area contributed by atoms with Gasteiger partial charge in [0.25, 0.3) is 10.0 Å².